The molecule has 0 aromatic heterocycles. The summed E-state index contributed by atoms with van der Waals surface area (Å²) in [6.07, 6.45) is 8.80. The predicted molar refractivity (Wildman–Crippen MR) is 66.1 cm³/mol. The van der Waals surface area contributed by atoms with Crippen molar-refractivity contribution in [3.8, 4) is 12.3 Å². The topological polar surface area (TPSA) is 49.4 Å². The lowest BCUT2D eigenvalue weighted by atomic mass is 10.2. The first-order chi connectivity index (χ1) is 8.19. The maximum atomic E-state index is 12.1. The van der Waals surface area contributed by atoms with Crippen molar-refractivity contribution in [2.45, 2.75) is 45.1 Å². The second-order valence-corrected chi connectivity index (χ2v) is 4.26. The smallest absolute Gasteiger partial charge is 0.245 e. The van der Waals surface area contributed by atoms with Gasteiger partial charge in [0.25, 0.3) is 0 Å². The van der Waals surface area contributed by atoms with Gasteiger partial charge in [-0.05, 0) is 19.3 Å². The Morgan fingerprint density at radius 2 is 2.24 bits per heavy atom. The Bertz CT molecular complexity index is 320. The van der Waals surface area contributed by atoms with Crippen LogP contribution < -0.4 is 5.32 Å². The van der Waals surface area contributed by atoms with Gasteiger partial charge in [-0.1, -0.05) is 6.92 Å². The Hall–Kier alpha value is -1.50. The number of amides is 2. The van der Waals surface area contributed by atoms with Crippen LogP contribution in [0, 0.1) is 12.3 Å². The number of unbranched alkanes of at least 4 members (excludes halogenated alkanes) is 2. The highest BCUT2D eigenvalue weighted by molar-refractivity contribution is 5.89. The van der Waals surface area contributed by atoms with Gasteiger partial charge in [-0.2, -0.15) is 0 Å². The van der Waals surface area contributed by atoms with Gasteiger partial charge in [0.15, 0.2) is 0 Å². The lowest BCUT2D eigenvalue weighted by molar-refractivity contribution is -0.133. The maximum Gasteiger partial charge on any atom is 0.245 e. The molecule has 0 bridgehead atoms. The molecular formula is C13H20N2O2. The first-order valence-electron chi connectivity index (χ1n) is 6.20. The van der Waals surface area contributed by atoms with E-state index in [9.17, 15) is 9.59 Å². The molecule has 4 nitrogen and oxygen atoms in total. The molecule has 0 saturated carbocycles. The molecule has 1 aliphatic rings. The molecule has 94 valence electrons. The van der Waals surface area contributed by atoms with E-state index in [-0.39, 0.29) is 17.9 Å². The molecule has 1 rings (SSSR count). The molecule has 1 N–H and O–H groups in total. The van der Waals surface area contributed by atoms with E-state index in [1.807, 2.05) is 6.92 Å². The normalized spacial score (nSPS) is 20.7. The molecule has 0 aliphatic carbocycles. The van der Waals surface area contributed by atoms with Gasteiger partial charge >= 0.3 is 0 Å². The van der Waals surface area contributed by atoms with E-state index < -0.39 is 0 Å². The summed E-state index contributed by atoms with van der Waals surface area (Å²) < 4.78 is 0. The highest BCUT2D eigenvalue weighted by Gasteiger charge is 2.27. The van der Waals surface area contributed by atoms with E-state index in [4.69, 9.17) is 6.42 Å². The lowest BCUT2D eigenvalue weighted by Gasteiger charge is -2.23. The van der Waals surface area contributed by atoms with Gasteiger partial charge in [-0.15, -0.1) is 12.3 Å². The van der Waals surface area contributed by atoms with Gasteiger partial charge < -0.3 is 10.2 Å². The average molecular weight is 236 g/mol. The highest BCUT2D eigenvalue weighted by Crippen LogP contribution is 2.08. The van der Waals surface area contributed by atoms with Gasteiger partial charge in [0, 0.05) is 25.9 Å². The fourth-order valence-electron chi connectivity index (χ4n) is 1.92. The summed E-state index contributed by atoms with van der Waals surface area (Å²) >= 11 is 0. The molecule has 1 heterocycles. The third-order valence-corrected chi connectivity index (χ3v) is 2.96. The summed E-state index contributed by atoms with van der Waals surface area (Å²) in [7, 11) is 0. The zero-order valence-electron chi connectivity index (χ0n) is 10.4. The van der Waals surface area contributed by atoms with Gasteiger partial charge in [-0.25, -0.2) is 0 Å². The molecule has 1 atom stereocenters. The molecule has 1 aliphatic heterocycles. The van der Waals surface area contributed by atoms with Crippen LogP contribution in [0.15, 0.2) is 0 Å². The molecule has 1 saturated heterocycles. The Morgan fingerprint density at radius 3 is 2.88 bits per heavy atom. The summed E-state index contributed by atoms with van der Waals surface area (Å²) in [6, 6.07) is -0.349. The highest BCUT2D eigenvalue weighted by atomic mass is 16.2. The molecule has 2 amide bonds. The predicted octanol–water partition coefficient (Wildman–Crippen LogP) is 0.917. The molecule has 4 heteroatoms. The van der Waals surface area contributed by atoms with Crippen LogP contribution >= 0.6 is 0 Å². The summed E-state index contributed by atoms with van der Waals surface area (Å²) in [6.45, 7) is 3.13. The Labute approximate surface area is 103 Å². The maximum absolute atomic E-state index is 12.1. The zero-order chi connectivity index (χ0) is 12.7. The van der Waals surface area contributed by atoms with Crippen LogP contribution in [0.1, 0.15) is 39.0 Å². The quantitative estimate of drug-likeness (QED) is 0.570. The minimum Gasteiger partial charge on any atom is -0.344 e. The SMILES string of the molecule is C#CCCCCN1CCC(=O)NC(CC)C1=O. The summed E-state index contributed by atoms with van der Waals surface area (Å²) in [5.74, 6) is 2.60. The first-order valence-corrected chi connectivity index (χ1v) is 6.20. The lowest BCUT2D eigenvalue weighted by Crippen LogP contribution is -2.44. The molecule has 1 fully saturated rings. The van der Waals surface area contributed by atoms with E-state index in [0.717, 1.165) is 19.3 Å². The molecule has 0 spiro atoms. The van der Waals surface area contributed by atoms with E-state index >= 15 is 0 Å². The standard InChI is InChI=1S/C13H20N2O2/c1-3-5-6-7-9-15-10-8-12(16)14-11(4-2)13(15)17/h1,11H,4-10H2,2H3,(H,14,16). The third kappa shape index (κ3) is 4.10. The Kier molecular flexibility index (Phi) is 5.55. The van der Waals surface area contributed by atoms with Crippen LogP contribution in [0.3, 0.4) is 0 Å². The van der Waals surface area contributed by atoms with Gasteiger partial charge in [0.1, 0.15) is 6.04 Å². The van der Waals surface area contributed by atoms with Crippen molar-refractivity contribution >= 4 is 11.8 Å². The van der Waals surface area contributed by atoms with E-state index in [2.05, 4.69) is 11.2 Å². The van der Waals surface area contributed by atoms with Crippen LogP contribution in [0.5, 0.6) is 0 Å². The van der Waals surface area contributed by atoms with Crippen LogP contribution in [-0.4, -0.2) is 35.8 Å². The number of nitrogens with one attached hydrogen (secondary N) is 1. The third-order valence-electron chi connectivity index (χ3n) is 2.96. The molecule has 0 aromatic carbocycles. The largest absolute Gasteiger partial charge is 0.344 e. The first kappa shape index (κ1) is 13.6. The number of hydrogen-bond donors (Lipinski definition) is 1. The van der Waals surface area contributed by atoms with Crippen LogP contribution in [0.25, 0.3) is 0 Å². The van der Waals surface area contributed by atoms with Crippen molar-refractivity contribution in [3.05, 3.63) is 0 Å². The van der Waals surface area contributed by atoms with Crippen molar-refractivity contribution in [1.29, 1.82) is 0 Å². The van der Waals surface area contributed by atoms with E-state index in [1.165, 1.54) is 0 Å². The van der Waals surface area contributed by atoms with Gasteiger partial charge in [-0.3, -0.25) is 9.59 Å². The Morgan fingerprint density at radius 1 is 1.47 bits per heavy atom. The number of hydrogen-bond acceptors (Lipinski definition) is 2. The minimum absolute atomic E-state index is 0.0312. The number of terminal acetylenes is 1. The number of nitrogens with zero attached hydrogens (tertiary/aromatic N) is 1. The van der Waals surface area contributed by atoms with Crippen molar-refractivity contribution in [2.24, 2.45) is 0 Å². The van der Waals surface area contributed by atoms with Crippen molar-refractivity contribution < 1.29 is 9.59 Å². The fourth-order valence-corrected chi connectivity index (χ4v) is 1.92. The number of rotatable bonds is 5. The number of carbonyl (C=O) groups excluding carboxylic acids is 2. The summed E-state index contributed by atoms with van der Waals surface area (Å²) in [5, 5.41) is 2.75. The average Bonchev–Trinajstić information content (AvgIpc) is 2.46. The molecular weight excluding hydrogens is 216 g/mol. The fraction of sp³-hybridized carbons (Fsp3) is 0.692. The van der Waals surface area contributed by atoms with Crippen molar-refractivity contribution in [2.75, 3.05) is 13.1 Å². The van der Waals surface area contributed by atoms with Crippen LogP contribution in [0.2, 0.25) is 0 Å². The summed E-state index contributed by atoms with van der Waals surface area (Å²) in [5.41, 5.74) is 0. The zero-order valence-corrected chi connectivity index (χ0v) is 10.4. The minimum atomic E-state index is -0.349. The monoisotopic (exact) mass is 236 g/mol. The molecule has 0 radical (unpaired) electrons. The van der Waals surface area contributed by atoms with Gasteiger partial charge in [0.05, 0.1) is 0 Å². The van der Waals surface area contributed by atoms with Crippen molar-refractivity contribution in [1.82, 2.24) is 10.2 Å². The Balaban J connectivity index is 2.49. The second kappa shape index (κ2) is 6.95. The molecule has 17 heavy (non-hydrogen) atoms. The van der Waals surface area contributed by atoms with Crippen LogP contribution in [-0.2, 0) is 9.59 Å². The van der Waals surface area contributed by atoms with Crippen molar-refractivity contribution in [3.63, 3.8) is 0 Å². The van der Waals surface area contributed by atoms with Gasteiger partial charge in [0.2, 0.25) is 11.8 Å². The summed E-state index contributed by atoms with van der Waals surface area (Å²) in [4.78, 5) is 25.2. The molecule has 0 aromatic rings. The molecule has 1 unspecified atom stereocenters. The number of carbonyl (C=O) groups is 2. The van der Waals surface area contributed by atoms with Crippen LogP contribution in [0.4, 0.5) is 0 Å². The van der Waals surface area contributed by atoms with E-state index in [1.54, 1.807) is 4.90 Å². The second-order valence-electron chi connectivity index (χ2n) is 4.26. The van der Waals surface area contributed by atoms with E-state index in [0.29, 0.717) is 25.9 Å².